The van der Waals surface area contributed by atoms with E-state index in [2.05, 4.69) is 44.9 Å². The third-order valence-corrected chi connectivity index (χ3v) is 7.00. The average molecular weight is 486 g/mol. The van der Waals surface area contributed by atoms with Crippen molar-refractivity contribution < 1.29 is 9.53 Å². The van der Waals surface area contributed by atoms with Crippen molar-refractivity contribution >= 4 is 28.2 Å². The summed E-state index contributed by atoms with van der Waals surface area (Å²) in [5, 5.41) is 4.17. The minimum Gasteiger partial charge on any atom is -0.496 e. The van der Waals surface area contributed by atoms with Gasteiger partial charge in [0.25, 0.3) is 0 Å². The molecule has 0 radical (unpaired) electrons. The van der Waals surface area contributed by atoms with Gasteiger partial charge in [-0.15, -0.1) is 6.42 Å². The van der Waals surface area contributed by atoms with E-state index >= 15 is 0 Å². The number of carbonyl (C=O) groups excluding carboxylic acids is 1. The first-order chi connectivity index (χ1) is 17.5. The lowest BCUT2D eigenvalue weighted by Gasteiger charge is -2.37. The molecule has 36 heavy (non-hydrogen) atoms. The minimum absolute atomic E-state index is 0.182. The smallest absolute Gasteiger partial charge is 0.151 e. The monoisotopic (exact) mass is 485 g/mol. The summed E-state index contributed by atoms with van der Waals surface area (Å²) in [4.78, 5) is 26.8. The average Bonchev–Trinajstić information content (AvgIpc) is 2.90. The fraction of sp³-hybridized carbons (Fsp3) is 0.414. The van der Waals surface area contributed by atoms with Crippen LogP contribution < -0.4 is 10.1 Å². The van der Waals surface area contributed by atoms with E-state index in [9.17, 15) is 4.79 Å². The molecule has 1 aliphatic heterocycles. The number of hydrogen-bond donors (Lipinski definition) is 1. The molecular formula is C29H35N5O2. The SMILES string of the molecule is C#Cc1cccc(Nc2ncnc3cc(OC)c(CC(=O)CN4CCC(N(CC)CC)CC4)cc23)c1. The summed E-state index contributed by atoms with van der Waals surface area (Å²) in [5.41, 5.74) is 3.20. The van der Waals surface area contributed by atoms with E-state index in [0.717, 1.165) is 66.7 Å². The Morgan fingerprint density at radius 2 is 1.97 bits per heavy atom. The van der Waals surface area contributed by atoms with Crippen molar-refractivity contribution in [2.24, 2.45) is 0 Å². The number of hydrogen-bond acceptors (Lipinski definition) is 7. The molecule has 1 saturated heterocycles. The summed E-state index contributed by atoms with van der Waals surface area (Å²) in [5.74, 6) is 4.15. The van der Waals surface area contributed by atoms with Crippen LogP contribution in [0.3, 0.4) is 0 Å². The molecule has 2 heterocycles. The number of rotatable bonds is 10. The first-order valence-electron chi connectivity index (χ1n) is 12.7. The Kier molecular flexibility index (Phi) is 8.52. The Morgan fingerprint density at radius 3 is 2.67 bits per heavy atom. The van der Waals surface area contributed by atoms with E-state index < -0.39 is 0 Å². The Morgan fingerprint density at radius 1 is 1.19 bits per heavy atom. The number of anilines is 2. The van der Waals surface area contributed by atoms with Crippen LogP contribution >= 0.6 is 0 Å². The quantitative estimate of drug-likeness (QED) is 0.430. The predicted octanol–water partition coefficient (Wildman–Crippen LogP) is 4.28. The summed E-state index contributed by atoms with van der Waals surface area (Å²) in [6.45, 7) is 8.98. The molecule has 1 fully saturated rings. The number of Topliss-reactive ketones (excluding diaryl/α,β-unsaturated/α-hetero) is 1. The lowest BCUT2D eigenvalue weighted by molar-refractivity contribution is -0.120. The van der Waals surface area contributed by atoms with Crippen LogP contribution in [-0.4, -0.2) is 71.4 Å². The molecule has 1 aromatic heterocycles. The van der Waals surface area contributed by atoms with Gasteiger partial charge in [-0.3, -0.25) is 9.69 Å². The van der Waals surface area contributed by atoms with E-state index in [1.54, 1.807) is 7.11 Å². The third-order valence-electron chi connectivity index (χ3n) is 7.00. The molecule has 7 nitrogen and oxygen atoms in total. The summed E-state index contributed by atoms with van der Waals surface area (Å²) in [6.07, 6.45) is 9.59. The highest BCUT2D eigenvalue weighted by Gasteiger charge is 2.24. The van der Waals surface area contributed by atoms with E-state index in [1.165, 1.54) is 6.33 Å². The topological polar surface area (TPSA) is 70.6 Å². The lowest BCUT2D eigenvalue weighted by Crippen LogP contribution is -2.46. The lowest BCUT2D eigenvalue weighted by atomic mass is 10.0. The molecule has 1 N–H and O–H groups in total. The predicted molar refractivity (Wildman–Crippen MR) is 145 cm³/mol. The molecule has 0 aliphatic carbocycles. The zero-order valence-electron chi connectivity index (χ0n) is 21.5. The minimum atomic E-state index is 0.182. The van der Waals surface area contributed by atoms with Gasteiger partial charge >= 0.3 is 0 Å². The van der Waals surface area contributed by atoms with E-state index in [4.69, 9.17) is 11.2 Å². The van der Waals surface area contributed by atoms with Gasteiger partial charge in [-0.2, -0.15) is 0 Å². The Balaban J connectivity index is 1.49. The van der Waals surface area contributed by atoms with Crippen LogP contribution in [0.4, 0.5) is 11.5 Å². The number of likely N-dealkylation sites (tertiary alicyclic amines) is 1. The molecule has 0 bridgehead atoms. The standard InChI is InChI=1S/C29H35N5O2/c1-5-21-9-8-10-23(15-21)32-29-26-17-22(28(36-4)18-27(26)30-20-31-29)16-25(35)19-33-13-11-24(12-14-33)34(6-2)7-3/h1,8-10,15,17-18,20,24H,6-7,11-14,16,19H2,2-4H3,(H,30,31,32). The zero-order chi connectivity index (χ0) is 25.5. The maximum atomic E-state index is 13.1. The molecule has 0 amide bonds. The number of ketones is 1. The molecule has 7 heteroatoms. The van der Waals surface area contributed by atoms with Gasteiger partial charge in [-0.25, -0.2) is 9.97 Å². The van der Waals surface area contributed by atoms with Gasteiger partial charge in [0.05, 0.1) is 19.2 Å². The van der Waals surface area contributed by atoms with Crippen LogP contribution in [0.15, 0.2) is 42.7 Å². The summed E-state index contributed by atoms with van der Waals surface area (Å²) >= 11 is 0. The summed E-state index contributed by atoms with van der Waals surface area (Å²) < 4.78 is 5.62. The number of nitrogens with one attached hydrogen (secondary N) is 1. The third kappa shape index (κ3) is 6.01. The van der Waals surface area contributed by atoms with Crippen molar-refractivity contribution in [2.75, 3.05) is 45.2 Å². The molecule has 0 spiro atoms. The molecule has 0 atom stereocenters. The van der Waals surface area contributed by atoms with Crippen LogP contribution in [0.25, 0.3) is 10.9 Å². The van der Waals surface area contributed by atoms with Gasteiger partial charge in [0.15, 0.2) is 5.78 Å². The molecule has 4 rings (SSSR count). The van der Waals surface area contributed by atoms with E-state index in [-0.39, 0.29) is 5.78 Å². The number of benzene rings is 2. The van der Waals surface area contributed by atoms with Gasteiger partial charge in [0, 0.05) is 53.8 Å². The van der Waals surface area contributed by atoms with Crippen LogP contribution in [0.1, 0.15) is 37.8 Å². The molecular weight excluding hydrogens is 450 g/mol. The van der Waals surface area contributed by atoms with Gasteiger partial charge in [-0.05, 0) is 50.2 Å². The summed E-state index contributed by atoms with van der Waals surface area (Å²) in [6, 6.07) is 12.1. The number of piperidine rings is 1. The van der Waals surface area contributed by atoms with E-state index in [0.29, 0.717) is 30.6 Å². The van der Waals surface area contributed by atoms with Crippen molar-refractivity contribution in [1.29, 1.82) is 0 Å². The maximum absolute atomic E-state index is 13.1. The van der Waals surface area contributed by atoms with Gasteiger partial charge in [0.2, 0.25) is 0 Å². The largest absolute Gasteiger partial charge is 0.496 e. The highest BCUT2D eigenvalue weighted by atomic mass is 16.5. The number of aromatic nitrogens is 2. The van der Waals surface area contributed by atoms with Crippen molar-refractivity contribution in [1.82, 2.24) is 19.8 Å². The number of fused-ring (bicyclic) bond motifs is 1. The molecule has 2 aromatic carbocycles. The second kappa shape index (κ2) is 12.0. The highest BCUT2D eigenvalue weighted by Crippen LogP contribution is 2.30. The van der Waals surface area contributed by atoms with Crippen LogP contribution in [0, 0.1) is 12.3 Å². The fourth-order valence-electron chi connectivity index (χ4n) is 5.08. The fourth-order valence-corrected chi connectivity index (χ4v) is 5.08. The Labute approximate surface area is 213 Å². The normalized spacial score (nSPS) is 14.6. The van der Waals surface area contributed by atoms with Crippen molar-refractivity contribution in [2.45, 2.75) is 39.2 Å². The molecule has 3 aromatic rings. The van der Waals surface area contributed by atoms with Crippen LogP contribution in [-0.2, 0) is 11.2 Å². The number of ether oxygens (including phenoxy) is 1. The molecule has 0 saturated carbocycles. The van der Waals surface area contributed by atoms with E-state index in [1.807, 2.05) is 36.4 Å². The zero-order valence-corrected chi connectivity index (χ0v) is 21.5. The number of methoxy groups -OCH3 is 1. The second-order valence-corrected chi connectivity index (χ2v) is 9.20. The first kappa shape index (κ1) is 25.6. The number of carbonyl (C=O) groups is 1. The molecule has 188 valence electrons. The number of nitrogens with zero attached hydrogens (tertiary/aromatic N) is 4. The second-order valence-electron chi connectivity index (χ2n) is 9.20. The highest BCUT2D eigenvalue weighted by molar-refractivity contribution is 5.94. The summed E-state index contributed by atoms with van der Waals surface area (Å²) in [7, 11) is 1.62. The van der Waals surface area contributed by atoms with Crippen LogP contribution in [0.2, 0.25) is 0 Å². The van der Waals surface area contributed by atoms with Gasteiger partial charge in [-0.1, -0.05) is 25.8 Å². The first-order valence-corrected chi connectivity index (χ1v) is 12.7. The molecule has 1 aliphatic rings. The Bertz CT molecular complexity index is 1240. The maximum Gasteiger partial charge on any atom is 0.151 e. The van der Waals surface area contributed by atoms with Crippen LogP contribution in [0.5, 0.6) is 5.75 Å². The van der Waals surface area contributed by atoms with Gasteiger partial charge in [0.1, 0.15) is 17.9 Å². The van der Waals surface area contributed by atoms with Gasteiger partial charge < -0.3 is 15.0 Å². The van der Waals surface area contributed by atoms with Crippen molar-refractivity contribution in [3.8, 4) is 18.1 Å². The van der Waals surface area contributed by atoms with Crippen molar-refractivity contribution in [3.63, 3.8) is 0 Å². The Hall–Kier alpha value is -3.47. The number of terminal acetylenes is 1. The van der Waals surface area contributed by atoms with Crippen molar-refractivity contribution in [3.05, 3.63) is 53.9 Å². The molecule has 0 unspecified atom stereocenters.